The van der Waals surface area contributed by atoms with Gasteiger partial charge in [-0.1, -0.05) is 0 Å². The summed E-state index contributed by atoms with van der Waals surface area (Å²) in [5.74, 6) is -0.964. The molecule has 0 unspecified atom stereocenters. The van der Waals surface area contributed by atoms with Gasteiger partial charge in [-0.15, -0.1) is 11.3 Å². The first kappa shape index (κ1) is 17.1. The SMILES string of the molecule is Cc1nc(C)c(CN2CCc3[nH]nc(C(=O)O)c3C2)s1.O=CO. The van der Waals surface area contributed by atoms with Gasteiger partial charge in [0.1, 0.15) is 0 Å². The van der Waals surface area contributed by atoms with Gasteiger partial charge in [-0.2, -0.15) is 5.10 Å². The van der Waals surface area contributed by atoms with Gasteiger partial charge in [0, 0.05) is 42.2 Å². The van der Waals surface area contributed by atoms with Crippen LogP contribution in [0.3, 0.4) is 0 Å². The van der Waals surface area contributed by atoms with Gasteiger partial charge in [0.05, 0.1) is 10.7 Å². The molecular formula is C14H18N4O4S. The third-order valence-corrected chi connectivity index (χ3v) is 4.64. The molecule has 9 heteroatoms. The molecule has 3 heterocycles. The van der Waals surface area contributed by atoms with E-state index in [1.807, 2.05) is 13.8 Å². The summed E-state index contributed by atoms with van der Waals surface area (Å²) in [7, 11) is 0. The lowest BCUT2D eigenvalue weighted by molar-refractivity contribution is -0.122. The molecule has 0 spiro atoms. The highest BCUT2D eigenvalue weighted by molar-refractivity contribution is 7.11. The fourth-order valence-electron chi connectivity index (χ4n) is 2.59. The predicted molar refractivity (Wildman–Crippen MR) is 83.6 cm³/mol. The maximum atomic E-state index is 11.1. The molecule has 0 saturated heterocycles. The lowest BCUT2D eigenvalue weighted by Gasteiger charge is -2.26. The first-order valence-corrected chi connectivity index (χ1v) is 7.80. The molecule has 0 aromatic carbocycles. The van der Waals surface area contributed by atoms with E-state index in [1.54, 1.807) is 11.3 Å². The van der Waals surface area contributed by atoms with Gasteiger partial charge in [-0.3, -0.25) is 14.8 Å². The summed E-state index contributed by atoms with van der Waals surface area (Å²) in [6, 6.07) is 0. The largest absolute Gasteiger partial charge is 0.483 e. The Labute approximate surface area is 136 Å². The van der Waals surface area contributed by atoms with Crippen molar-refractivity contribution in [3.05, 3.63) is 32.5 Å². The fraction of sp³-hybridized carbons (Fsp3) is 0.429. The van der Waals surface area contributed by atoms with E-state index in [0.29, 0.717) is 6.54 Å². The second-order valence-corrected chi connectivity index (χ2v) is 6.43. The van der Waals surface area contributed by atoms with Crippen molar-refractivity contribution in [1.82, 2.24) is 20.1 Å². The van der Waals surface area contributed by atoms with Crippen LogP contribution in [0.1, 0.15) is 37.3 Å². The first-order chi connectivity index (χ1) is 11.0. The van der Waals surface area contributed by atoms with Crippen molar-refractivity contribution < 1.29 is 19.8 Å². The number of H-pyrrole nitrogens is 1. The van der Waals surface area contributed by atoms with Gasteiger partial charge in [-0.25, -0.2) is 9.78 Å². The Balaban J connectivity index is 0.000000595. The molecule has 3 rings (SSSR count). The van der Waals surface area contributed by atoms with Crippen LogP contribution in [0.2, 0.25) is 0 Å². The standard InChI is InChI=1S/C13H16N4O2S.CH2O2/c1-7-11(20-8(2)14-7)6-17-4-3-10-9(5-17)12(13(18)19)16-15-10;2-1-3/h3-6H2,1-2H3,(H,15,16)(H,18,19);1H,(H,2,3). The van der Waals surface area contributed by atoms with Gasteiger partial charge in [-0.05, 0) is 13.8 Å². The molecule has 3 N–H and O–H groups in total. The maximum absolute atomic E-state index is 11.1. The van der Waals surface area contributed by atoms with Crippen LogP contribution in [-0.4, -0.2) is 49.3 Å². The fourth-order valence-corrected chi connectivity index (χ4v) is 3.57. The van der Waals surface area contributed by atoms with Crippen molar-refractivity contribution in [3.8, 4) is 0 Å². The van der Waals surface area contributed by atoms with E-state index in [-0.39, 0.29) is 12.2 Å². The number of hydrogen-bond donors (Lipinski definition) is 3. The van der Waals surface area contributed by atoms with Gasteiger partial charge in [0.25, 0.3) is 6.47 Å². The van der Waals surface area contributed by atoms with Gasteiger partial charge < -0.3 is 10.2 Å². The number of aryl methyl sites for hydroxylation is 2. The predicted octanol–water partition coefficient (Wildman–Crippen LogP) is 1.44. The Morgan fingerprint density at radius 3 is 2.74 bits per heavy atom. The number of nitrogens with zero attached hydrogens (tertiary/aromatic N) is 3. The van der Waals surface area contributed by atoms with Crippen LogP contribution < -0.4 is 0 Å². The highest BCUT2D eigenvalue weighted by Crippen LogP contribution is 2.25. The molecule has 2 aromatic rings. The van der Waals surface area contributed by atoms with Crippen molar-refractivity contribution in [3.63, 3.8) is 0 Å². The number of thiazole rings is 1. The van der Waals surface area contributed by atoms with Crippen LogP contribution in [0.25, 0.3) is 0 Å². The van der Waals surface area contributed by atoms with Crippen molar-refractivity contribution in [2.75, 3.05) is 6.54 Å². The molecule has 0 fully saturated rings. The van der Waals surface area contributed by atoms with E-state index in [4.69, 9.17) is 15.0 Å². The van der Waals surface area contributed by atoms with E-state index in [9.17, 15) is 4.79 Å². The minimum Gasteiger partial charge on any atom is -0.483 e. The topological polar surface area (TPSA) is 119 Å². The van der Waals surface area contributed by atoms with Crippen molar-refractivity contribution >= 4 is 23.8 Å². The summed E-state index contributed by atoms with van der Waals surface area (Å²) in [5.41, 5.74) is 3.00. The van der Waals surface area contributed by atoms with Gasteiger partial charge >= 0.3 is 5.97 Å². The quantitative estimate of drug-likeness (QED) is 0.724. The van der Waals surface area contributed by atoms with Crippen LogP contribution in [0, 0.1) is 13.8 Å². The maximum Gasteiger partial charge on any atom is 0.356 e. The molecular weight excluding hydrogens is 320 g/mol. The monoisotopic (exact) mass is 338 g/mol. The number of aromatic amines is 1. The Morgan fingerprint density at radius 1 is 1.48 bits per heavy atom. The van der Waals surface area contributed by atoms with Crippen LogP contribution in [0.4, 0.5) is 0 Å². The van der Waals surface area contributed by atoms with E-state index >= 15 is 0 Å². The number of rotatable bonds is 3. The number of carboxylic acid groups (broad SMARTS) is 2. The number of hydrogen-bond acceptors (Lipinski definition) is 6. The minimum atomic E-state index is -0.964. The number of fused-ring (bicyclic) bond motifs is 1. The lowest BCUT2D eigenvalue weighted by Crippen LogP contribution is -2.30. The molecule has 8 nitrogen and oxygen atoms in total. The average Bonchev–Trinajstić information content (AvgIpc) is 3.03. The molecule has 0 aliphatic carbocycles. The smallest absolute Gasteiger partial charge is 0.356 e. The summed E-state index contributed by atoms with van der Waals surface area (Å²) in [5, 5.41) is 23.8. The normalized spacial score (nSPS) is 13.8. The Morgan fingerprint density at radius 2 is 2.17 bits per heavy atom. The molecule has 1 aliphatic rings. The Hall–Kier alpha value is -2.26. The Kier molecular flexibility index (Phi) is 5.45. The molecule has 0 amide bonds. The van der Waals surface area contributed by atoms with Crippen molar-refractivity contribution in [2.24, 2.45) is 0 Å². The molecule has 23 heavy (non-hydrogen) atoms. The number of aromatic nitrogens is 3. The number of carboxylic acids is 1. The molecule has 0 radical (unpaired) electrons. The van der Waals surface area contributed by atoms with Crippen molar-refractivity contribution in [2.45, 2.75) is 33.4 Å². The summed E-state index contributed by atoms with van der Waals surface area (Å²) in [4.78, 5) is 27.5. The van der Waals surface area contributed by atoms with Gasteiger partial charge in [0.15, 0.2) is 5.69 Å². The minimum absolute atomic E-state index is 0.155. The van der Waals surface area contributed by atoms with E-state index in [1.165, 1.54) is 4.88 Å². The van der Waals surface area contributed by atoms with Crippen LogP contribution in [0.5, 0.6) is 0 Å². The van der Waals surface area contributed by atoms with E-state index in [0.717, 1.165) is 41.5 Å². The lowest BCUT2D eigenvalue weighted by atomic mass is 10.1. The van der Waals surface area contributed by atoms with E-state index in [2.05, 4.69) is 20.1 Å². The third kappa shape index (κ3) is 3.93. The zero-order valence-corrected chi connectivity index (χ0v) is 13.7. The third-order valence-electron chi connectivity index (χ3n) is 3.58. The second kappa shape index (κ2) is 7.34. The molecule has 0 saturated carbocycles. The summed E-state index contributed by atoms with van der Waals surface area (Å²) >= 11 is 1.71. The molecule has 124 valence electrons. The number of nitrogens with one attached hydrogen (secondary N) is 1. The zero-order valence-electron chi connectivity index (χ0n) is 12.9. The van der Waals surface area contributed by atoms with Crippen LogP contribution >= 0.6 is 11.3 Å². The van der Waals surface area contributed by atoms with Gasteiger partial charge in [0.2, 0.25) is 0 Å². The molecule has 0 atom stereocenters. The van der Waals surface area contributed by atoms with Crippen LogP contribution in [-0.2, 0) is 24.3 Å². The Bertz CT molecular complexity index is 710. The highest BCUT2D eigenvalue weighted by atomic mass is 32.1. The number of carbonyl (C=O) groups is 2. The average molecular weight is 338 g/mol. The van der Waals surface area contributed by atoms with Crippen molar-refractivity contribution in [1.29, 1.82) is 0 Å². The summed E-state index contributed by atoms with van der Waals surface area (Å²) < 4.78 is 0. The number of aromatic carboxylic acids is 1. The molecule has 0 bridgehead atoms. The summed E-state index contributed by atoms with van der Waals surface area (Å²) in [6.07, 6.45) is 0.812. The second-order valence-electron chi connectivity index (χ2n) is 5.14. The van der Waals surface area contributed by atoms with E-state index < -0.39 is 5.97 Å². The highest BCUT2D eigenvalue weighted by Gasteiger charge is 2.25. The summed E-state index contributed by atoms with van der Waals surface area (Å²) in [6.45, 7) is 6.14. The first-order valence-electron chi connectivity index (χ1n) is 6.98. The zero-order chi connectivity index (χ0) is 17.0. The molecule has 2 aromatic heterocycles. The molecule has 1 aliphatic heterocycles. The van der Waals surface area contributed by atoms with Crippen LogP contribution in [0.15, 0.2) is 0 Å².